The van der Waals surface area contributed by atoms with Crippen molar-refractivity contribution < 1.29 is 13.9 Å². The number of ether oxygens (including phenoxy) is 2. The van der Waals surface area contributed by atoms with Gasteiger partial charge in [0, 0.05) is 32.4 Å². The van der Waals surface area contributed by atoms with Crippen molar-refractivity contribution in [1.82, 2.24) is 10.6 Å². The molecular formula is C16H26FN3O2. The zero-order valence-corrected chi connectivity index (χ0v) is 13.8. The van der Waals surface area contributed by atoms with Crippen LogP contribution in [0.1, 0.15) is 25.0 Å². The molecular weight excluding hydrogens is 285 g/mol. The first-order chi connectivity index (χ1) is 10.6. The van der Waals surface area contributed by atoms with E-state index in [2.05, 4.69) is 15.6 Å². The fourth-order valence-corrected chi connectivity index (χ4v) is 2.01. The summed E-state index contributed by atoms with van der Waals surface area (Å²) in [5, 5.41) is 6.43. The predicted octanol–water partition coefficient (Wildman–Crippen LogP) is 2.06. The Labute approximate surface area is 131 Å². The number of guanidine groups is 1. The summed E-state index contributed by atoms with van der Waals surface area (Å²) in [6.07, 6.45) is 0. The molecule has 0 aliphatic carbocycles. The van der Waals surface area contributed by atoms with Crippen LogP contribution < -0.4 is 10.6 Å². The Balaban J connectivity index is 2.74. The number of hydrogen-bond acceptors (Lipinski definition) is 3. The molecule has 1 aromatic carbocycles. The maximum absolute atomic E-state index is 13.6. The van der Waals surface area contributed by atoms with Gasteiger partial charge in [0.2, 0.25) is 0 Å². The van der Waals surface area contributed by atoms with Gasteiger partial charge in [-0.3, -0.25) is 0 Å². The smallest absolute Gasteiger partial charge is 0.191 e. The third kappa shape index (κ3) is 6.41. The second-order valence-corrected chi connectivity index (χ2v) is 5.05. The second kappa shape index (κ2) is 10.1. The molecule has 0 spiro atoms. The van der Waals surface area contributed by atoms with E-state index in [1.807, 2.05) is 13.8 Å². The molecule has 0 bridgehead atoms. The predicted molar refractivity (Wildman–Crippen MR) is 86.4 cm³/mol. The topological polar surface area (TPSA) is 54.9 Å². The average molecular weight is 311 g/mol. The van der Waals surface area contributed by atoms with Crippen molar-refractivity contribution in [1.29, 1.82) is 0 Å². The summed E-state index contributed by atoms with van der Waals surface area (Å²) in [7, 11) is 3.22. The first-order valence-corrected chi connectivity index (χ1v) is 7.40. The van der Waals surface area contributed by atoms with Gasteiger partial charge in [-0.25, -0.2) is 9.38 Å². The lowest BCUT2D eigenvalue weighted by molar-refractivity contribution is 0.179. The van der Waals surface area contributed by atoms with Crippen LogP contribution in [0.3, 0.4) is 0 Å². The molecule has 22 heavy (non-hydrogen) atoms. The molecule has 124 valence electrons. The van der Waals surface area contributed by atoms with Crippen LogP contribution in [0.2, 0.25) is 0 Å². The van der Waals surface area contributed by atoms with Gasteiger partial charge in [0.25, 0.3) is 0 Å². The number of hydrogen-bond donors (Lipinski definition) is 2. The van der Waals surface area contributed by atoms with Gasteiger partial charge in [-0.1, -0.05) is 6.07 Å². The maximum atomic E-state index is 13.6. The van der Waals surface area contributed by atoms with Crippen molar-refractivity contribution in [3.8, 4) is 0 Å². The first-order valence-electron chi connectivity index (χ1n) is 7.40. The number of rotatable bonds is 8. The summed E-state index contributed by atoms with van der Waals surface area (Å²) in [5.74, 6) is 0.456. The van der Waals surface area contributed by atoms with Gasteiger partial charge >= 0.3 is 0 Å². The van der Waals surface area contributed by atoms with Crippen LogP contribution in [0.25, 0.3) is 0 Å². The van der Waals surface area contributed by atoms with Crippen LogP contribution >= 0.6 is 0 Å². The summed E-state index contributed by atoms with van der Waals surface area (Å²) in [6, 6.07) is 5.12. The van der Waals surface area contributed by atoms with Crippen LogP contribution in [0.4, 0.5) is 4.39 Å². The van der Waals surface area contributed by atoms with Gasteiger partial charge in [0.05, 0.1) is 19.8 Å². The van der Waals surface area contributed by atoms with Gasteiger partial charge in [-0.15, -0.1) is 0 Å². The summed E-state index contributed by atoms with van der Waals surface area (Å²) in [5.41, 5.74) is 1.48. The molecule has 0 radical (unpaired) electrons. The molecule has 1 rings (SSSR count). The highest BCUT2D eigenvalue weighted by molar-refractivity contribution is 5.80. The molecule has 0 amide bonds. The molecule has 1 unspecified atom stereocenters. The van der Waals surface area contributed by atoms with Crippen LogP contribution in [0.5, 0.6) is 0 Å². The van der Waals surface area contributed by atoms with Gasteiger partial charge in [-0.05, 0) is 31.5 Å². The minimum atomic E-state index is -0.256. The largest absolute Gasteiger partial charge is 0.383 e. The minimum absolute atomic E-state index is 0.153. The van der Waals surface area contributed by atoms with E-state index in [0.29, 0.717) is 24.7 Å². The Kier molecular flexibility index (Phi) is 8.47. The molecule has 6 heteroatoms. The summed E-state index contributed by atoms with van der Waals surface area (Å²) >= 11 is 0. The SMILES string of the molecule is CCNC(=NCc1ccc(F)c(COC)c1)NC(C)COC. The number of nitrogens with zero attached hydrogens (tertiary/aromatic N) is 1. The van der Waals surface area contributed by atoms with Crippen molar-refractivity contribution >= 4 is 5.96 Å². The molecule has 0 saturated carbocycles. The molecule has 0 heterocycles. The van der Waals surface area contributed by atoms with Crippen LogP contribution in [0, 0.1) is 5.82 Å². The fraction of sp³-hybridized carbons (Fsp3) is 0.562. The normalized spacial score (nSPS) is 13.0. The molecule has 1 atom stereocenters. The van der Waals surface area contributed by atoms with Crippen molar-refractivity contribution in [3.05, 3.63) is 35.1 Å². The molecule has 0 aromatic heterocycles. The Bertz CT molecular complexity index is 480. The second-order valence-electron chi connectivity index (χ2n) is 5.05. The number of methoxy groups -OCH3 is 2. The summed E-state index contributed by atoms with van der Waals surface area (Å²) in [6.45, 7) is 6.11. The van der Waals surface area contributed by atoms with E-state index < -0.39 is 0 Å². The zero-order valence-electron chi connectivity index (χ0n) is 13.8. The maximum Gasteiger partial charge on any atom is 0.191 e. The third-order valence-electron chi connectivity index (χ3n) is 2.97. The zero-order chi connectivity index (χ0) is 16.4. The monoisotopic (exact) mass is 311 g/mol. The lowest BCUT2D eigenvalue weighted by Crippen LogP contribution is -2.43. The molecule has 5 nitrogen and oxygen atoms in total. The molecule has 0 fully saturated rings. The van der Waals surface area contributed by atoms with E-state index in [1.165, 1.54) is 6.07 Å². The van der Waals surface area contributed by atoms with E-state index in [0.717, 1.165) is 12.1 Å². The average Bonchev–Trinajstić information content (AvgIpc) is 2.48. The molecule has 0 aliphatic heterocycles. The Morgan fingerprint density at radius 3 is 2.73 bits per heavy atom. The number of halogens is 1. The lowest BCUT2D eigenvalue weighted by Gasteiger charge is -2.17. The molecule has 0 saturated heterocycles. The first kappa shape index (κ1) is 18.4. The quantitative estimate of drug-likeness (QED) is 0.570. The number of benzene rings is 1. The van der Waals surface area contributed by atoms with E-state index >= 15 is 0 Å². The Morgan fingerprint density at radius 1 is 1.32 bits per heavy atom. The molecule has 1 aromatic rings. The minimum Gasteiger partial charge on any atom is -0.383 e. The summed E-state index contributed by atoms with van der Waals surface area (Å²) < 4.78 is 23.7. The van der Waals surface area contributed by atoms with E-state index in [-0.39, 0.29) is 18.5 Å². The number of nitrogens with one attached hydrogen (secondary N) is 2. The van der Waals surface area contributed by atoms with Crippen molar-refractivity contribution in [2.24, 2.45) is 4.99 Å². The highest BCUT2D eigenvalue weighted by atomic mass is 19.1. The van der Waals surface area contributed by atoms with Crippen molar-refractivity contribution in [2.45, 2.75) is 33.0 Å². The Hall–Kier alpha value is -1.66. The van der Waals surface area contributed by atoms with E-state index in [4.69, 9.17) is 9.47 Å². The van der Waals surface area contributed by atoms with Crippen LogP contribution in [-0.4, -0.2) is 39.4 Å². The van der Waals surface area contributed by atoms with Gasteiger partial charge in [-0.2, -0.15) is 0 Å². The van der Waals surface area contributed by atoms with Crippen molar-refractivity contribution in [2.75, 3.05) is 27.4 Å². The van der Waals surface area contributed by atoms with Gasteiger partial charge < -0.3 is 20.1 Å². The van der Waals surface area contributed by atoms with E-state index in [1.54, 1.807) is 26.4 Å². The highest BCUT2D eigenvalue weighted by Crippen LogP contribution is 2.12. The third-order valence-corrected chi connectivity index (χ3v) is 2.97. The van der Waals surface area contributed by atoms with Crippen LogP contribution in [-0.2, 0) is 22.6 Å². The molecule has 2 N–H and O–H groups in total. The summed E-state index contributed by atoms with van der Waals surface area (Å²) in [4.78, 5) is 4.51. The standard InChI is InChI=1S/C16H26FN3O2/c1-5-18-16(20-12(2)10-21-3)19-9-13-6-7-15(17)14(8-13)11-22-4/h6-8,12H,5,9-11H2,1-4H3,(H2,18,19,20). The Morgan fingerprint density at radius 2 is 2.09 bits per heavy atom. The van der Waals surface area contributed by atoms with E-state index in [9.17, 15) is 4.39 Å². The van der Waals surface area contributed by atoms with Gasteiger partial charge in [0.15, 0.2) is 5.96 Å². The molecule has 0 aliphatic rings. The van der Waals surface area contributed by atoms with Gasteiger partial charge in [0.1, 0.15) is 5.82 Å². The number of aliphatic imine (C=N–C) groups is 1. The van der Waals surface area contributed by atoms with Crippen LogP contribution in [0.15, 0.2) is 23.2 Å². The highest BCUT2D eigenvalue weighted by Gasteiger charge is 2.06. The lowest BCUT2D eigenvalue weighted by atomic mass is 10.1. The fourth-order valence-electron chi connectivity index (χ4n) is 2.01. The van der Waals surface area contributed by atoms with Crippen molar-refractivity contribution in [3.63, 3.8) is 0 Å².